The summed E-state index contributed by atoms with van der Waals surface area (Å²) in [6, 6.07) is 0. The van der Waals surface area contributed by atoms with E-state index in [0.717, 1.165) is 94.1 Å². The van der Waals surface area contributed by atoms with Crippen molar-refractivity contribution in [3.63, 3.8) is 0 Å². The Labute approximate surface area is 763 Å². The van der Waals surface area contributed by atoms with Gasteiger partial charge in [0, 0.05) is 92.0 Å². The number of aliphatic hydroxyl groups is 16. The number of hydrogen-bond acceptors (Lipinski definition) is 48. The van der Waals surface area contributed by atoms with Crippen LogP contribution < -0.4 is 0 Å². The first-order valence-corrected chi connectivity index (χ1v) is 49.7. The molecule has 0 spiro atoms. The molecule has 30 aliphatic rings. The number of thioether (sulfide) groups is 8. The van der Waals surface area contributed by atoms with Crippen LogP contribution in [0, 0.1) is 0 Å². The van der Waals surface area contributed by atoms with Crippen LogP contribution in [0.4, 0.5) is 0 Å². The van der Waals surface area contributed by atoms with E-state index in [2.05, 4.69) is 0 Å². The highest BCUT2D eigenvalue weighted by Gasteiger charge is 2.61. The summed E-state index contributed by atoms with van der Waals surface area (Å²) in [4.78, 5) is 94.3. The molecule has 0 aromatic heterocycles. The Balaban J connectivity index is 1.12. The van der Waals surface area contributed by atoms with Crippen LogP contribution in [-0.2, 0) is 114 Å². The van der Waals surface area contributed by atoms with Gasteiger partial charge in [0.05, 0.1) is 100 Å². The van der Waals surface area contributed by atoms with Crippen molar-refractivity contribution in [2.75, 3.05) is 92.0 Å². The fourth-order valence-corrected chi connectivity index (χ4v) is 22.6. The van der Waals surface area contributed by atoms with E-state index in [1.807, 2.05) is 0 Å². The minimum Gasteiger partial charge on any atom is -0.481 e. The quantitative estimate of drug-likeness (QED) is 0.0253. The van der Waals surface area contributed by atoms with Crippen molar-refractivity contribution in [1.82, 2.24) is 0 Å². The van der Waals surface area contributed by atoms with Gasteiger partial charge in [-0.2, -0.15) is 94.1 Å². The molecule has 0 amide bonds. The van der Waals surface area contributed by atoms with Crippen LogP contribution >= 0.6 is 94.1 Å². The molecule has 0 aromatic carbocycles. The molecule has 24 N–H and O–H groups in total. The lowest BCUT2D eigenvalue weighted by molar-refractivity contribution is -0.396. The SMILES string of the molecule is O=C(O)CCSC[C@@H]1OC2O[C@@H]3[C@@H](O)[C@H](O)C(O[C@@H]4[C@@H](O)[C@H](O)C(O[C@@H]5[C@@H](O)[C@H](O)C(O[C@@H]6[C@@H](O)[C@H](O)C(O[C@@H]7[C@@H](O)[C@H](O)C(O[C@@H]8[C@@H](O)[C@H](O)C(O[C@@H]9[C@@H](O)[C@H](O)C(O[C@@H]1[C@@H](O)[C@@H]2O)O[C@H]9CSCCC(=O)O)O[C@H]8CSCCC(=O)O)O[C@H]7CSCCC(=O)O)O[C@H]6CSCCC(=O)O)O[C@H]5CSCCC(=O)O)O[C@H]4CSCCC(=O)O)O[C@H]3CSCCC(=O)O. The van der Waals surface area contributed by atoms with Crippen molar-refractivity contribution in [2.45, 2.75) is 297 Å². The molecule has 40 atom stereocenters. The Morgan fingerprint density at radius 2 is 0.250 bits per heavy atom. The molecule has 0 aromatic rings. The number of hydrogen-bond donors (Lipinski definition) is 24. The van der Waals surface area contributed by atoms with E-state index in [9.17, 15) is 161 Å². The highest BCUT2D eigenvalue weighted by molar-refractivity contribution is 8.00. The second-order valence-corrected chi connectivity index (χ2v) is 39.9. The van der Waals surface area contributed by atoms with Gasteiger partial charge >= 0.3 is 47.8 Å². The third-order valence-electron chi connectivity index (χ3n) is 21.4. The van der Waals surface area contributed by atoms with Gasteiger partial charge in [-0.1, -0.05) is 0 Å². The molecule has 8 unspecified atom stereocenters. The van der Waals surface area contributed by atoms with E-state index in [1.165, 1.54) is 0 Å². The van der Waals surface area contributed by atoms with Crippen molar-refractivity contribution in [3.05, 3.63) is 0 Å². The predicted molar refractivity (Wildman–Crippen MR) is 441 cm³/mol. The van der Waals surface area contributed by atoms with E-state index < -0.39 is 345 Å². The van der Waals surface area contributed by atoms with E-state index in [1.54, 1.807) is 0 Å². The van der Waals surface area contributed by atoms with Gasteiger partial charge in [0.25, 0.3) is 0 Å². The number of rotatable bonds is 40. The number of carboxylic acids is 8. The zero-order chi connectivity index (χ0) is 93.7. The number of ether oxygens (including phenoxy) is 16. The summed E-state index contributed by atoms with van der Waals surface area (Å²) in [6.45, 7) is 0. The summed E-state index contributed by atoms with van der Waals surface area (Å²) in [5.74, 6) is -14.4. The molecule has 128 heavy (non-hydrogen) atoms. The number of aliphatic hydroxyl groups excluding tert-OH is 16. The first kappa shape index (κ1) is 109. The topological polar surface area (TPSA) is 770 Å². The monoisotopic (exact) mass is 2000 g/mol. The highest BCUT2D eigenvalue weighted by atomic mass is 32.2. The minimum absolute atomic E-state index is 0.159. The Hall–Kier alpha value is -2.72. The number of carbonyl (C=O) groups is 8. The average molecular weight is 2000 g/mol. The van der Waals surface area contributed by atoms with E-state index in [4.69, 9.17) is 75.8 Å². The molecule has 0 saturated carbocycles. The average Bonchev–Trinajstić information content (AvgIpc) is 0.766. The second kappa shape index (κ2) is 52.7. The van der Waals surface area contributed by atoms with E-state index in [-0.39, 0.29) is 92.0 Å². The molecule has 0 aliphatic carbocycles. The first-order chi connectivity index (χ1) is 60.7. The number of carboxylic acid groups (broad SMARTS) is 8. The summed E-state index contributed by atoms with van der Waals surface area (Å²) in [5, 5.41) is 272. The standard InChI is InChI=1S/C72H112O48S8/c73-33(74)1-9-121-17-25-57-41(89)49(97)65(105-25)114-58-26(18-122-10-2-34(75)76)107-67(51(99)43(58)91)116-60-28(20-124-12-4-36(79)80)109-69(53(101)45(60)93)118-62-30(22-126-14-6-38(83)84)111-71(55(103)47(62)95)120-64-32(24-128-16-8-40(87)88)112-72(56(104)48(64)96)119-63-31(23-127-15-7-39(85)86)110-70(54(102)46(63)94)117-61-29(21-125-13-5-37(81)82)108-68(52(100)44(61)92)115-59-27(19-123-11-3-35(77)78)106-66(113-57)50(98)42(59)90/h25-32,41-72,89-104H,1-24H2,(H,73,74)(H,75,76)(H,77,78)(H,79,80)(H,81,82)(H,83,84)(H,85,86)(H,87,88)/t25-,26-,27-,28-,29-,30-,31-,32-,41-,42-,43-,44-,45-,46-,47-,48-,49-,50-,51-,52-,53-,54-,55-,56-,57-,58-,59-,60-,61-,62-,63-,64-,65?,66?,67?,68?,69?,70?,71?,72?/m0/s1. The van der Waals surface area contributed by atoms with Gasteiger partial charge in [-0.15, -0.1) is 0 Å². The van der Waals surface area contributed by atoms with Crippen molar-refractivity contribution in [3.8, 4) is 0 Å². The van der Waals surface area contributed by atoms with Crippen LogP contribution in [0.15, 0.2) is 0 Å². The van der Waals surface area contributed by atoms with Crippen LogP contribution in [0.1, 0.15) is 51.4 Å². The summed E-state index contributed by atoms with van der Waals surface area (Å²) in [7, 11) is 0. The summed E-state index contributed by atoms with van der Waals surface area (Å²) in [6.07, 6.45) is -85.9. The van der Waals surface area contributed by atoms with Gasteiger partial charge in [0.1, 0.15) is 146 Å². The van der Waals surface area contributed by atoms with Crippen LogP contribution in [0.25, 0.3) is 0 Å². The molecule has 736 valence electrons. The fraction of sp³-hybridized carbons (Fsp3) is 0.889. The normalized spacial score (nSPS) is 41.5. The molecule has 30 rings (SSSR count). The van der Waals surface area contributed by atoms with Gasteiger partial charge in [-0.05, 0) is 0 Å². The van der Waals surface area contributed by atoms with Gasteiger partial charge in [-0.3, -0.25) is 38.4 Å². The van der Waals surface area contributed by atoms with Gasteiger partial charge in [0.2, 0.25) is 0 Å². The molecule has 48 nitrogen and oxygen atoms in total. The zero-order valence-electron chi connectivity index (χ0n) is 67.9. The second-order valence-electron chi connectivity index (χ2n) is 30.7. The van der Waals surface area contributed by atoms with Crippen LogP contribution in [0.3, 0.4) is 0 Å². The molecule has 30 heterocycles. The van der Waals surface area contributed by atoms with Gasteiger partial charge in [-0.25, -0.2) is 0 Å². The molecule has 56 heteroatoms. The summed E-state index contributed by atoms with van der Waals surface area (Å²) in [5.41, 5.74) is 0. The summed E-state index contributed by atoms with van der Waals surface area (Å²) < 4.78 is 100. The smallest absolute Gasteiger partial charge is 0.304 e. The highest BCUT2D eigenvalue weighted by Crippen LogP contribution is 2.43. The minimum atomic E-state index is -2.33. The van der Waals surface area contributed by atoms with Crippen LogP contribution in [-0.4, -0.2) is 508 Å². The fourth-order valence-electron chi connectivity index (χ4n) is 14.7. The molecular weight excluding hydrogens is 1890 g/mol. The van der Waals surface area contributed by atoms with Crippen molar-refractivity contribution >= 4 is 142 Å². The maximum atomic E-state index is 12.3. The lowest BCUT2D eigenvalue weighted by atomic mass is 9.95. The lowest BCUT2D eigenvalue weighted by Crippen LogP contribution is -2.69. The third kappa shape index (κ3) is 30.6. The predicted octanol–water partition coefficient (Wildman–Crippen LogP) is -7.68. The van der Waals surface area contributed by atoms with Gasteiger partial charge < -0.3 is 198 Å². The molecule has 30 saturated heterocycles. The Morgan fingerprint density at radius 1 is 0.156 bits per heavy atom. The third-order valence-corrected chi connectivity index (χ3v) is 29.9. The van der Waals surface area contributed by atoms with Crippen molar-refractivity contribution in [1.29, 1.82) is 0 Å². The summed E-state index contributed by atoms with van der Waals surface area (Å²) >= 11 is 7.04. The Kier molecular flexibility index (Phi) is 44.9. The maximum Gasteiger partial charge on any atom is 0.304 e. The first-order valence-electron chi connectivity index (χ1n) is 40.5. The largest absolute Gasteiger partial charge is 0.481 e. The van der Waals surface area contributed by atoms with Crippen molar-refractivity contribution in [2.24, 2.45) is 0 Å². The van der Waals surface area contributed by atoms with E-state index in [0.29, 0.717) is 0 Å². The maximum absolute atomic E-state index is 12.3. The van der Waals surface area contributed by atoms with E-state index >= 15 is 0 Å². The zero-order valence-corrected chi connectivity index (χ0v) is 74.4. The van der Waals surface area contributed by atoms with Crippen LogP contribution in [0.2, 0.25) is 0 Å². The molecule has 16 bridgehead atoms. The molecule has 0 radical (unpaired) electrons. The molecule has 30 fully saturated rings. The molecular formula is C72H112O48S8. The van der Waals surface area contributed by atoms with Crippen molar-refractivity contribution < 1.29 is 237 Å². The Bertz CT molecular complexity index is 2830. The number of aliphatic carboxylic acids is 8. The van der Waals surface area contributed by atoms with Gasteiger partial charge in [0.15, 0.2) is 50.3 Å². The lowest BCUT2D eigenvalue weighted by Gasteiger charge is -2.51. The van der Waals surface area contributed by atoms with Crippen LogP contribution in [0.5, 0.6) is 0 Å². The Morgan fingerprint density at radius 3 is 0.336 bits per heavy atom. The molecule has 30 aliphatic heterocycles.